The van der Waals surface area contributed by atoms with E-state index in [9.17, 15) is 13.6 Å². The first-order valence-corrected chi connectivity index (χ1v) is 5.21. The van der Waals surface area contributed by atoms with Crippen LogP contribution in [0.4, 0.5) is 8.78 Å². The predicted octanol–water partition coefficient (Wildman–Crippen LogP) is 0.731. The molecule has 0 spiro atoms. The maximum absolute atomic E-state index is 12.2. The maximum atomic E-state index is 12.2. The lowest BCUT2D eigenvalue weighted by Crippen LogP contribution is -2.24. The average Bonchev–Trinajstić information content (AvgIpc) is 2.90. The summed E-state index contributed by atoms with van der Waals surface area (Å²) < 4.78 is 28.7. The highest BCUT2D eigenvalue weighted by molar-refractivity contribution is 5.89. The van der Waals surface area contributed by atoms with Gasteiger partial charge < -0.3 is 10.1 Å². The molecule has 0 aliphatic heterocycles. The first kappa shape index (κ1) is 12.9. The molecule has 7 nitrogen and oxygen atoms in total. The van der Waals surface area contributed by atoms with E-state index < -0.39 is 12.5 Å². The first-order chi connectivity index (χ1) is 9.16. The molecule has 0 aliphatic carbocycles. The Morgan fingerprint density at radius 2 is 2.21 bits per heavy atom. The predicted molar refractivity (Wildman–Crippen MR) is 58.4 cm³/mol. The third-order valence-corrected chi connectivity index (χ3v) is 2.18. The molecule has 0 radical (unpaired) electrons. The summed E-state index contributed by atoms with van der Waals surface area (Å²) in [4.78, 5) is 11.5. The third kappa shape index (κ3) is 3.44. The van der Waals surface area contributed by atoms with Gasteiger partial charge in [-0.2, -0.15) is 14.0 Å². The molecule has 9 heteroatoms. The molecule has 0 aliphatic rings. The van der Waals surface area contributed by atoms with Gasteiger partial charge in [0.15, 0.2) is 0 Å². The van der Waals surface area contributed by atoms with Crippen molar-refractivity contribution in [3.63, 3.8) is 0 Å². The Hall–Kier alpha value is -2.58. The molecular weight excluding hydrogens is 260 g/mol. The van der Waals surface area contributed by atoms with Crippen molar-refractivity contribution >= 4 is 5.91 Å². The minimum atomic E-state index is -2.92. The van der Waals surface area contributed by atoms with Gasteiger partial charge >= 0.3 is 6.61 Å². The second-order valence-electron chi connectivity index (χ2n) is 3.40. The van der Waals surface area contributed by atoms with Crippen LogP contribution in [0.1, 0.15) is 16.2 Å². The molecule has 2 rings (SSSR count). The highest BCUT2D eigenvalue weighted by Gasteiger charge is 2.13. The Bertz CT molecular complexity index is 547. The van der Waals surface area contributed by atoms with Gasteiger partial charge in [-0.25, -0.2) is 0 Å². The molecular formula is C10H9F2N5O2. The number of para-hydroxylation sites is 1. The Labute approximate surface area is 106 Å². The number of amides is 1. The molecule has 0 bridgehead atoms. The number of H-pyrrole nitrogens is 1. The number of aromatic nitrogens is 4. The zero-order valence-corrected chi connectivity index (χ0v) is 9.51. The van der Waals surface area contributed by atoms with Gasteiger partial charge in [0.25, 0.3) is 11.7 Å². The van der Waals surface area contributed by atoms with Crippen molar-refractivity contribution in [3.8, 4) is 5.75 Å². The summed E-state index contributed by atoms with van der Waals surface area (Å²) in [6, 6.07) is 6.16. The number of nitrogens with zero attached hydrogens (tertiary/aromatic N) is 3. The van der Waals surface area contributed by atoms with Gasteiger partial charge in [-0.3, -0.25) is 4.79 Å². The molecule has 1 heterocycles. The second-order valence-corrected chi connectivity index (χ2v) is 3.40. The quantitative estimate of drug-likeness (QED) is 0.834. The minimum absolute atomic E-state index is 0.00547. The van der Waals surface area contributed by atoms with Crippen LogP contribution in [0, 0.1) is 0 Å². The van der Waals surface area contributed by atoms with Gasteiger partial charge in [-0.05, 0) is 11.3 Å². The molecule has 0 unspecified atom stereocenters. The lowest BCUT2D eigenvalue weighted by atomic mass is 10.2. The molecule has 0 atom stereocenters. The van der Waals surface area contributed by atoms with E-state index in [1.807, 2.05) is 0 Å². The number of ether oxygens (including phenoxy) is 1. The van der Waals surface area contributed by atoms with Gasteiger partial charge in [-0.15, -0.1) is 10.2 Å². The van der Waals surface area contributed by atoms with Crippen LogP contribution in [-0.4, -0.2) is 33.1 Å². The lowest BCUT2D eigenvalue weighted by Gasteiger charge is -2.10. The number of hydrogen-bond acceptors (Lipinski definition) is 5. The van der Waals surface area contributed by atoms with Crippen molar-refractivity contribution < 1.29 is 18.3 Å². The molecule has 19 heavy (non-hydrogen) atoms. The van der Waals surface area contributed by atoms with Gasteiger partial charge in [0, 0.05) is 12.1 Å². The van der Waals surface area contributed by atoms with Crippen LogP contribution in [0.3, 0.4) is 0 Å². The first-order valence-electron chi connectivity index (χ1n) is 5.21. The van der Waals surface area contributed by atoms with Gasteiger partial charge in [0.1, 0.15) is 5.75 Å². The molecule has 1 aromatic heterocycles. The molecule has 0 saturated carbocycles. The standard InChI is InChI=1S/C10H9F2N5O2/c11-10(12)19-7-4-2-1-3-6(7)5-13-9(18)8-14-16-17-15-8/h1-4,10H,5H2,(H,13,18)(H,14,15,16,17). The van der Waals surface area contributed by atoms with E-state index in [-0.39, 0.29) is 18.1 Å². The normalized spacial score (nSPS) is 10.5. The average molecular weight is 269 g/mol. The van der Waals surface area contributed by atoms with E-state index in [1.54, 1.807) is 18.2 Å². The number of halogens is 2. The largest absolute Gasteiger partial charge is 0.434 e. The zero-order valence-electron chi connectivity index (χ0n) is 9.51. The summed E-state index contributed by atoms with van der Waals surface area (Å²) in [6.07, 6.45) is 0. The van der Waals surface area contributed by atoms with Crippen molar-refractivity contribution in [2.75, 3.05) is 0 Å². The zero-order chi connectivity index (χ0) is 13.7. The van der Waals surface area contributed by atoms with Crippen LogP contribution < -0.4 is 10.1 Å². The number of nitrogens with one attached hydrogen (secondary N) is 2. The topological polar surface area (TPSA) is 92.8 Å². The highest BCUT2D eigenvalue weighted by atomic mass is 19.3. The molecule has 0 fully saturated rings. The Morgan fingerprint density at radius 3 is 2.89 bits per heavy atom. The van der Waals surface area contributed by atoms with E-state index in [0.29, 0.717) is 5.56 Å². The number of benzene rings is 1. The fraction of sp³-hybridized carbons (Fsp3) is 0.200. The van der Waals surface area contributed by atoms with Crippen molar-refractivity contribution in [2.45, 2.75) is 13.2 Å². The molecule has 0 saturated heterocycles. The summed E-state index contributed by atoms with van der Waals surface area (Å²) >= 11 is 0. The molecule has 100 valence electrons. The van der Waals surface area contributed by atoms with E-state index >= 15 is 0 Å². The van der Waals surface area contributed by atoms with Crippen molar-refractivity contribution in [3.05, 3.63) is 35.7 Å². The number of carbonyl (C=O) groups is 1. The molecule has 1 aromatic carbocycles. The second kappa shape index (κ2) is 5.85. The summed E-state index contributed by atoms with van der Waals surface area (Å²) in [6.45, 7) is -2.91. The fourth-order valence-corrected chi connectivity index (χ4v) is 1.37. The number of tetrazole rings is 1. The smallest absolute Gasteiger partial charge is 0.387 e. The maximum Gasteiger partial charge on any atom is 0.387 e. The van der Waals surface area contributed by atoms with E-state index in [4.69, 9.17) is 0 Å². The number of carbonyl (C=O) groups excluding carboxylic acids is 1. The summed E-state index contributed by atoms with van der Waals surface area (Å²) in [5.74, 6) is -0.696. The van der Waals surface area contributed by atoms with E-state index in [2.05, 4.69) is 30.7 Å². The van der Waals surface area contributed by atoms with Crippen molar-refractivity contribution in [1.82, 2.24) is 25.9 Å². The van der Waals surface area contributed by atoms with Crippen LogP contribution in [-0.2, 0) is 6.54 Å². The lowest BCUT2D eigenvalue weighted by molar-refractivity contribution is -0.0504. The number of hydrogen-bond donors (Lipinski definition) is 2. The Balaban J connectivity index is 2.01. The molecule has 2 aromatic rings. The van der Waals surface area contributed by atoms with Crippen LogP contribution in [0.15, 0.2) is 24.3 Å². The van der Waals surface area contributed by atoms with Crippen molar-refractivity contribution in [2.24, 2.45) is 0 Å². The molecule has 2 N–H and O–H groups in total. The minimum Gasteiger partial charge on any atom is -0.434 e. The monoisotopic (exact) mass is 269 g/mol. The third-order valence-electron chi connectivity index (χ3n) is 2.18. The summed E-state index contributed by atoms with van der Waals surface area (Å²) in [7, 11) is 0. The van der Waals surface area contributed by atoms with Crippen LogP contribution in [0.5, 0.6) is 5.75 Å². The van der Waals surface area contributed by atoms with E-state index in [0.717, 1.165) is 0 Å². The van der Waals surface area contributed by atoms with Crippen LogP contribution >= 0.6 is 0 Å². The van der Waals surface area contributed by atoms with Crippen molar-refractivity contribution in [1.29, 1.82) is 0 Å². The van der Waals surface area contributed by atoms with Crippen LogP contribution in [0.25, 0.3) is 0 Å². The summed E-state index contributed by atoms with van der Waals surface area (Å²) in [5, 5.41) is 14.8. The van der Waals surface area contributed by atoms with Gasteiger partial charge in [0.2, 0.25) is 0 Å². The van der Waals surface area contributed by atoms with E-state index in [1.165, 1.54) is 6.07 Å². The Morgan fingerprint density at radius 1 is 1.42 bits per heavy atom. The van der Waals surface area contributed by atoms with Crippen LogP contribution in [0.2, 0.25) is 0 Å². The SMILES string of the molecule is O=C(NCc1ccccc1OC(F)F)c1nn[nH]n1. The molecule has 1 amide bonds. The number of alkyl halides is 2. The van der Waals surface area contributed by atoms with Gasteiger partial charge in [0.05, 0.1) is 0 Å². The Kier molecular flexibility index (Phi) is 3.96. The highest BCUT2D eigenvalue weighted by Crippen LogP contribution is 2.19. The summed E-state index contributed by atoms with van der Waals surface area (Å²) in [5.41, 5.74) is 0.416. The number of rotatable bonds is 5. The number of aromatic amines is 1. The van der Waals surface area contributed by atoms with Gasteiger partial charge in [-0.1, -0.05) is 18.2 Å². The fourth-order valence-electron chi connectivity index (χ4n) is 1.37.